The van der Waals surface area contributed by atoms with E-state index >= 15 is 0 Å². The number of halogens is 3. The third-order valence-corrected chi connectivity index (χ3v) is 3.19. The van der Waals surface area contributed by atoms with Crippen LogP contribution in [0, 0.1) is 5.82 Å². The van der Waals surface area contributed by atoms with Crippen LogP contribution in [0.5, 0.6) is 0 Å². The van der Waals surface area contributed by atoms with Gasteiger partial charge in [-0.15, -0.1) is 0 Å². The average molecular weight is 300 g/mol. The van der Waals surface area contributed by atoms with Gasteiger partial charge in [-0.2, -0.15) is 0 Å². The molecular weight excluding hydrogens is 292 g/mol. The minimum absolute atomic E-state index is 0.104. The number of aromatic nitrogens is 1. The lowest BCUT2D eigenvalue weighted by atomic mass is 10.1. The molecule has 0 fully saturated rings. The molecule has 0 saturated heterocycles. The van der Waals surface area contributed by atoms with Crippen LogP contribution in [0.25, 0.3) is 11.3 Å². The summed E-state index contributed by atoms with van der Waals surface area (Å²) in [6, 6.07) is 5.80. The Bertz CT molecular complexity index is 647. The van der Waals surface area contributed by atoms with Crippen LogP contribution in [0.15, 0.2) is 30.5 Å². The molecule has 2 aromatic rings. The first-order valence-corrected chi connectivity index (χ1v) is 6.04. The topological polar surface area (TPSA) is 50.2 Å². The fraction of sp³-hybridized carbons (Fsp3) is 0.0769. The van der Waals surface area contributed by atoms with Crippen LogP contribution in [0.1, 0.15) is 5.56 Å². The fourth-order valence-corrected chi connectivity index (χ4v) is 1.90. The Morgan fingerprint density at radius 3 is 2.58 bits per heavy atom. The number of pyridine rings is 1. The second kappa shape index (κ2) is 5.55. The van der Waals surface area contributed by atoms with E-state index in [1.165, 1.54) is 12.3 Å². The third-order valence-electron chi connectivity index (χ3n) is 2.45. The van der Waals surface area contributed by atoms with Crippen LogP contribution in [0.3, 0.4) is 0 Å². The molecule has 3 nitrogen and oxygen atoms in total. The van der Waals surface area contributed by atoms with Crippen molar-refractivity contribution in [2.45, 2.75) is 6.42 Å². The normalized spacial score (nSPS) is 10.5. The van der Waals surface area contributed by atoms with E-state index in [2.05, 4.69) is 4.98 Å². The van der Waals surface area contributed by atoms with Crippen molar-refractivity contribution in [3.8, 4) is 11.3 Å². The minimum atomic E-state index is -1.04. The smallest absolute Gasteiger partial charge is 0.307 e. The summed E-state index contributed by atoms with van der Waals surface area (Å²) in [7, 11) is 0. The lowest BCUT2D eigenvalue weighted by molar-refractivity contribution is -0.136. The van der Waals surface area contributed by atoms with Gasteiger partial charge in [-0.05, 0) is 23.8 Å². The molecule has 0 aliphatic rings. The molecule has 0 unspecified atom stereocenters. The first-order chi connectivity index (χ1) is 8.97. The van der Waals surface area contributed by atoms with Crippen molar-refractivity contribution in [1.82, 2.24) is 4.98 Å². The molecule has 0 bridgehead atoms. The molecule has 2 rings (SSSR count). The van der Waals surface area contributed by atoms with Crippen LogP contribution < -0.4 is 0 Å². The van der Waals surface area contributed by atoms with Gasteiger partial charge >= 0.3 is 5.97 Å². The van der Waals surface area contributed by atoms with Crippen LogP contribution >= 0.6 is 23.2 Å². The first kappa shape index (κ1) is 13.8. The number of nitrogens with zero attached hydrogens (tertiary/aromatic N) is 1. The van der Waals surface area contributed by atoms with Gasteiger partial charge in [0.15, 0.2) is 0 Å². The largest absolute Gasteiger partial charge is 0.481 e. The highest BCUT2D eigenvalue weighted by atomic mass is 35.5. The highest BCUT2D eigenvalue weighted by molar-refractivity contribution is 6.42. The Balaban J connectivity index is 2.40. The summed E-state index contributed by atoms with van der Waals surface area (Å²) < 4.78 is 13.9. The zero-order chi connectivity index (χ0) is 14.0. The van der Waals surface area contributed by atoms with E-state index in [-0.39, 0.29) is 12.1 Å². The minimum Gasteiger partial charge on any atom is -0.481 e. The summed E-state index contributed by atoms with van der Waals surface area (Å²) in [4.78, 5) is 14.5. The van der Waals surface area contributed by atoms with Crippen molar-refractivity contribution in [2.75, 3.05) is 0 Å². The highest BCUT2D eigenvalue weighted by Gasteiger charge is 2.11. The summed E-state index contributed by atoms with van der Waals surface area (Å²) in [5, 5.41) is 9.30. The molecule has 0 atom stereocenters. The predicted molar refractivity (Wildman–Crippen MR) is 71.0 cm³/mol. The van der Waals surface area contributed by atoms with E-state index < -0.39 is 11.8 Å². The standard InChI is InChI=1S/C13H8Cl2FNO2/c14-9-2-1-8(5-10(9)15)13-11(16)3-7(6-17-13)4-12(18)19/h1-3,5-6H,4H2,(H,18,19). The molecule has 1 aromatic carbocycles. The zero-order valence-corrected chi connectivity index (χ0v) is 11.0. The van der Waals surface area contributed by atoms with Crippen molar-refractivity contribution < 1.29 is 14.3 Å². The second-order valence-electron chi connectivity index (χ2n) is 3.87. The molecule has 0 aliphatic heterocycles. The van der Waals surface area contributed by atoms with Gasteiger partial charge in [0, 0.05) is 11.8 Å². The van der Waals surface area contributed by atoms with Crippen molar-refractivity contribution in [2.24, 2.45) is 0 Å². The molecule has 1 aromatic heterocycles. The zero-order valence-electron chi connectivity index (χ0n) is 9.53. The molecule has 19 heavy (non-hydrogen) atoms. The SMILES string of the molecule is O=C(O)Cc1cnc(-c2ccc(Cl)c(Cl)c2)c(F)c1. The third kappa shape index (κ3) is 3.22. The number of rotatable bonds is 3. The van der Waals surface area contributed by atoms with E-state index in [1.54, 1.807) is 12.1 Å². The number of benzene rings is 1. The monoisotopic (exact) mass is 299 g/mol. The maximum atomic E-state index is 13.9. The summed E-state index contributed by atoms with van der Waals surface area (Å²) in [6.45, 7) is 0. The van der Waals surface area contributed by atoms with Gasteiger partial charge in [-0.25, -0.2) is 4.39 Å². The van der Waals surface area contributed by atoms with Gasteiger partial charge in [0.2, 0.25) is 0 Å². The highest BCUT2D eigenvalue weighted by Crippen LogP contribution is 2.29. The Labute approximate surface area is 118 Å². The van der Waals surface area contributed by atoms with Crippen LogP contribution in [0.4, 0.5) is 4.39 Å². The van der Waals surface area contributed by atoms with Gasteiger partial charge in [0.05, 0.1) is 16.5 Å². The van der Waals surface area contributed by atoms with E-state index in [0.717, 1.165) is 6.07 Å². The fourth-order valence-electron chi connectivity index (χ4n) is 1.60. The Morgan fingerprint density at radius 1 is 1.26 bits per heavy atom. The molecule has 0 amide bonds. The van der Waals surface area contributed by atoms with Gasteiger partial charge in [-0.1, -0.05) is 29.3 Å². The quantitative estimate of drug-likeness (QED) is 0.937. The molecule has 0 saturated carbocycles. The molecule has 0 aliphatic carbocycles. The number of carboxylic acid groups (broad SMARTS) is 1. The van der Waals surface area contributed by atoms with Gasteiger partial charge in [0.1, 0.15) is 11.5 Å². The van der Waals surface area contributed by atoms with E-state index in [1.807, 2.05) is 0 Å². The Kier molecular flexibility index (Phi) is 4.02. The van der Waals surface area contributed by atoms with Gasteiger partial charge < -0.3 is 5.11 Å². The number of aliphatic carboxylic acids is 1. The maximum absolute atomic E-state index is 13.9. The predicted octanol–water partition coefficient (Wildman–Crippen LogP) is 3.82. The average Bonchev–Trinajstić information content (AvgIpc) is 2.32. The number of hydrogen-bond acceptors (Lipinski definition) is 2. The molecule has 1 N–H and O–H groups in total. The van der Waals surface area contributed by atoms with Crippen molar-refractivity contribution in [1.29, 1.82) is 0 Å². The summed E-state index contributed by atoms with van der Waals surface area (Å²) in [6.07, 6.45) is 1.06. The van der Waals surface area contributed by atoms with Crippen molar-refractivity contribution >= 4 is 29.2 Å². The Morgan fingerprint density at radius 2 is 2.00 bits per heavy atom. The lowest BCUT2D eigenvalue weighted by Gasteiger charge is -2.05. The Hall–Kier alpha value is -1.65. The van der Waals surface area contributed by atoms with E-state index in [0.29, 0.717) is 21.2 Å². The summed E-state index contributed by atoms with van der Waals surface area (Å²) in [5.41, 5.74) is 0.885. The van der Waals surface area contributed by atoms with Crippen LogP contribution in [-0.4, -0.2) is 16.1 Å². The van der Waals surface area contributed by atoms with Crippen molar-refractivity contribution in [3.63, 3.8) is 0 Å². The molecule has 98 valence electrons. The van der Waals surface area contributed by atoms with Crippen molar-refractivity contribution in [3.05, 3.63) is 51.9 Å². The second-order valence-corrected chi connectivity index (χ2v) is 4.69. The molecular formula is C13H8Cl2FNO2. The summed E-state index contributed by atoms with van der Waals surface area (Å²) >= 11 is 11.6. The van der Waals surface area contributed by atoms with Gasteiger partial charge in [0.25, 0.3) is 0 Å². The number of hydrogen-bond donors (Lipinski definition) is 1. The van der Waals surface area contributed by atoms with Gasteiger partial charge in [-0.3, -0.25) is 9.78 Å². The first-order valence-electron chi connectivity index (χ1n) is 5.29. The van der Waals surface area contributed by atoms with E-state index in [9.17, 15) is 9.18 Å². The van der Waals surface area contributed by atoms with E-state index in [4.69, 9.17) is 28.3 Å². The molecule has 0 radical (unpaired) electrons. The molecule has 0 spiro atoms. The lowest BCUT2D eigenvalue weighted by Crippen LogP contribution is -2.02. The molecule has 1 heterocycles. The summed E-state index contributed by atoms with van der Waals surface area (Å²) in [5.74, 6) is -1.64. The van der Waals surface area contributed by atoms with Crippen LogP contribution in [-0.2, 0) is 11.2 Å². The number of carbonyl (C=O) groups is 1. The number of carboxylic acids is 1. The molecule has 6 heteroatoms. The maximum Gasteiger partial charge on any atom is 0.307 e. The van der Waals surface area contributed by atoms with Crippen LogP contribution in [0.2, 0.25) is 10.0 Å².